The summed E-state index contributed by atoms with van der Waals surface area (Å²) in [6.07, 6.45) is 2.37. The van der Waals surface area contributed by atoms with Crippen LogP contribution in [0, 0.1) is 12.7 Å². The number of hydrogen-bond acceptors (Lipinski definition) is 2. The highest BCUT2D eigenvalue weighted by Gasteiger charge is 2.42. The van der Waals surface area contributed by atoms with Crippen molar-refractivity contribution in [2.24, 2.45) is 5.73 Å². The Morgan fingerprint density at radius 2 is 2.21 bits per heavy atom. The van der Waals surface area contributed by atoms with Crippen LogP contribution < -0.4 is 5.73 Å². The predicted octanol–water partition coefficient (Wildman–Crippen LogP) is 2.72. The Hall–Kier alpha value is -0.540. The van der Waals surface area contributed by atoms with Crippen LogP contribution in [-0.4, -0.2) is 11.3 Å². The van der Waals surface area contributed by atoms with E-state index in [1.807, 2.05) is 13.0 Å². The molecular formula is C11H14FNS. The average Bonchev–Trinajstić information content (AvgIpc) is 2.91. The van der Waals surface area contributed by atoms with Gasteiger partial charge in [-0.05, 0) is 43.5 Å². The summed E-state index contributed by atoms with van der Waals surface area (Å²) >= 11 is 1.80. The van der Waals surface area contributed by atoms with Gasteiger partial charge in [-0.3, -0.25) is 0 Å². The maximum atomic E-state index is 12.8. The zero-order valence-corrected chi connectivity index (χ0v) is 9.03. The highest BCUT2D eigenvalue weighted by molar-refractivity contribution is 8.01. The van der Waals surface area contributed by atoms with Gasteiger partial charge in [0, 0.05) is 16.2 Å². The van der Waals surface area contributed by atoms with Crippen molar-refractivity contribution in [2.45, 2.75) is 29.4 Å². The molecule has 0 amide bonds. The smallest absolute Gasteiger partial charge is 0.123 e. The molecule has 1 aliphatic rings. The monoisotopic (exact) mass is 211 g/mol. The first-order valence-corrected chi connectivity index (χ1v) is 5.62. The molecule has 76 valence electrons. The van der Waals surface area contributed by atoms with Crippen molar-refractivity contribution < 1.29 is 4.39 Å². The third-order valence-electron chi connectivity index (χ3n) is 2.64. The molecule has 1 aromatic rings. The maximum Gasteiger partial charge on any atom is 0.123 e. The molecule has 3 heteroatoms. The normalized spacial score (nSPS) is 18.2. The second kappa shape index (κ2) is 3.55. The van der Waals surface area contributed by atoms with Crippen LogP contribution >= 0.6 is 11.8 Å². The quantitative estimate of drug-likeness (QED) is 0.832. The number of benzene rings is 1. The van der Waals surface area contributed by atoms with Crippen molar-refractivity contribution in [2.75, 3.05) is 6.54 Å². The molecule has 1 fully saturated rings. The Balaban J connectivity index is 2.17. The van der Waals surface area contributed by atoms with Gasteiger partial charge in [-0.25, -0.2) is 4.39 Å². The molecule has 0 radical (unpaired) electrons. The first kappa shape index (κ1) is 9.99. The van der Waals surface area contributed by atoms with E-state index in [1.54, 1.807) is 17.8 Å². The van der Waals surface area contributed by atoms with E-state index in [0.717, 1.165) is 10.5 Å². The maximum absolute atomic E-state index is 12.8. The molecule has 0 aromatic heterocycles. The van der Waals surface area contributed by atoms with Crippen molar-refractivity contribution >= 4 is 11.8 Å². The molecule has 1 nitrogen and oxygen atoms in total. The molecular weight excluding hydrogens is 197 g/mol. The van der Waals surface area contributed by atoms with Crippen molar-refractivity contribution in [1.82, 2.24) is 0 Å². The number of halogens is 1. The number of aryl methyl sites for hydroxylation is 1. The Morgan fingerprint density at radius 1 is 1.50 bits per heavy atom. The van der Waals surface area contributed by atoms with E-state index >= 15 is 0 Å². The van der Waals surface area contributed by atoms with Gasteiger partial charge in [0.1, 0.15) is 5.82 Å². The van der Waals surface area contributed by atoms with Crippen LogP contribution in [0.15, 0.2) is 23.1 Å². The van der Waals surface area contributed by atoms with Gasteiger partial charge in [0.2, 0.25) is 0 Å². The number of thioether (sulfide) groups is 1. The fourth-order valence-electron chi connectivity index (χ4n) is 1.45. The van der Waals surface area contributed by atoms with E-state index in [2.05, 4.69) is 0 Å². The lowest BCUT2D eigenvalue weighted by Gasteiger charge is -2.13. The molecule has 1 saturated carbocycles. The average molecular weight is 211 g/mol. The van der Waals surface area contributed by atoms with E-state index in [1.165, 1.54) is 18.9 Å². The molecule has 14 heavy (non-hydrogen) atoms. The zero-order chi connectivity index (χ0) is 10.2. The summed E-state index contributed by atoms with van der Waals surface area (Å²) in [5.41, 5.74) is 6.71. The lowest BCUT2D eigenvalue weighted by Crippen LogP contribution is -2.17. The van der Waals surface area contributed by atoms with Crippen LogP contribution in [0.3, 0.4) is 0 Å². The number of rotatable bonds is 3. The summed E-state index contributed by atoms with van der Waals surface area (Å²) in [4.78, 5) is 1.16. The molecule has 0 atom stereocenters. The van der Waals surface area contributed by atoms with Crippen molar-refractivity contribution in [1.29, 1.82) is 0 Å². The van der Waals surface area contributed by atoms with E-state index in [4.69, 9.17) is 5.73 Å². The molecule has 0 spiro atoms. The molecule has 2 N–H and O–H groups in total. The van der Waals surface area contributed by atoms with E-state index in [-0.39, 0.29) is 10.6 Å². The minimum absolute atomic E-state index is 0.163. The lowest BCUT2D eigenvalue weighted by molar-refractivity contribution is 0.625. The second-order valence-corrected chi connectivity index (χ2v) is 5.41. The Kier molecular flexibility index (Phi) is 2.54. The lowest BCUT2D eigenvalue weighted by atomic mass is 10.2. The van der Waals surface area contributed by atoms with Gasteiger partial charge >= 0.3 is 0 Å². The van der Waals surface area contributed by atoms with Crippen LogP contribution in [0.2, 0.25) is 0 Å². The zero-order valence-electron chi connectivity index (χ0n) is 8.22. The minimum atomic E-state index is -0.163. The van der Waals surface area contributed by atoms with Crippen molar-refractivity contribution in [3.63, 3.8) is 0 Å². The summed E-state index contributed by atoms with van der Waals surface area (Å²) < 4.78 is 13.1. The largest absolute Gasteiger partial charge is 0.329 e. The van der Waals surface area contributed by atoms with Crippen LogP contribution in [-0.2, 0) is 0 Å². The molecule has 0 saturated heterocycles. The van der Waals surface area contributed by atoms with Crippen molar-refractivity contribution in [3.8, 4) is 0 Å². The summed E-state index contributed by atoms with van der Waals surface area (Å²) in [7, 11) is 0. The Bertz CT molecular complexity index is 347. The fourth-order valence-corrected chi connectivity index (χ4v) is 2.66. The molecule has 1 aromatic carbocycles. The molecule has 0 unspecified atom stereocenters. The molecule has 1 aliphatic carbocycles. The van der Waals surface area contributed by atoms with Crippen LogP contribution in [0.4, 0.5) is 4.39 Å². The summed E-state index contributed by atoms with van der Waals surface area (Å²) in [5.74, 6) is -0.163. The van der Waals surface area contributed by atoms with Gasteiger partial charge < -0.3 is 5.73 Å². The third-order valence-corrected chi connectivity index (χ3v) is 4.33. The van der Waals surface area contributed by atoms with Gasteiger partial charge in [-0.15, -0.1) is 11.8 Å². The molecule has 0 heterocycles. The van der Waals surface area contributed by atoms with Crippen molar-refractivity contribution in [3.05, 3.63) is 29.6 Å². The van der Waals surface area contributed by atoms with Gasteiger partial charge in [0.15, 0.2) is 0 Å². The van der Waals surface area contributed by atoms with Gasteiger partial charge in [0.25, 0.3) is 0 Å². The van der Waals surface area contributed by atoms with Crippen LogP contribution in [0.25, 0.3) is 0 Å². The Labute approximate surface area is 87.9 Å². The number of hydrogen-bond donors (Lipinski definition) is 1. The first-order valence-electron chi connectivity index (χ1n) is 4.80. The van der Waals surface area contributed by atoms with Crippen LogP contribution in [0.1, 0.15) is 18.4 Å². The van der Waals surface area contributed by atoms with E-state index in [9.17, 15) is 4.39 Å². The standard InChI is InChI=1S/C11H14FNS/c1-8-6-9(12)2-3-10(8)14-11(7-13)4-5-11/h2-3,6H,4-5,7,13H2,1H3. The molecule has 2 rings (SSSR count). The molecule has 0 aliphatic heterocycles. The third kappa shape index (κ3) is 1.93. The minimum Gasteiger partial charge on any atom is -0.329 e. The summed E-state index contributed by atoms with van der Waals surface area (Å²) in [6.45, 7) is 2.66. The Morgan fingerprint density at radius 3 is 2.71 bits per heavy atom. The molecule has 0 bridgehead atoms. The van der Waals surface area contributed by atoms with Gasteiger partial charge in [-0.2, -0.15) is 0 Å². The summed E-state index contributed by atoms with van der Waals surface area (Å²) in [6, 6.07) is 4.95. The first-order chi connectivity index (χ1) is 6.65. The van der Waals surface area contributed by atoms with Crippen LogP contribution in [0.5, 0.6) is 0 Å². The SMILES string of the molecule is Cc1cc(F)ccc1SC1(CN)CC1. The second-order valence-electron chi connectivity index (χ2n) is 3.90. The number of nitrogens with two attached hydrogens (primary N) is 1. The highest BCUT2D eigenvalue weighted by atomic mass is 32.2. The van der Waals surface area contributed by atoms with E-state index < -0.39 is 0 Å². The van der Waals surface area contributed by atoms with Gasteiger partial charge in [-0.1, -0.05) is 0 Å². The van der Waals surface area contributed by atoms with Gasteiger partial charge in [0.05, 0.1) is 0 Å². The highest BCUT2D eigenvalue weighted by Crippen LogP contribution is 2.51. The summed E-state index contributed by atoms with van der Waals surface area (Å²) in [5, 5.41) is 0. The van der Waals surface area contributed by atoms with E-state index in [0.29, 0.717) is 6.54 Å². The fraction of sp³-hybridized carbons (Fsp3) is 0.455. The topological polar surface area (TPSA) is 26.0 Å². The predicted molar refractivity (Wildman–Crippen MR) is 58.0 cm³/mol.